The first-order chi connectivity index (χ1) is 8.25. The van der Waals surface area contributed by atoms with E-state index in [1.807, 2.05) is 0 Å². The molecule has 1 fully saturated rings. The van der Waals surface area contributed by atoms with Gasteiger partial charge in [0.1, 0.15) is 0 Å². The van der Waals surface area contributed by atoms with Crippen LogP contribution >= 0.6 is 0 Å². The third-order valence-electron chi connectivity index (χ3n) is 3.75. The topological polar surface area (TPSA) is 43.8 Å². The molecular formula is C13H22N2O2. The second-order valence-electron chi connectivity index (χ2n) is 4.95. The number of piperazine rings is 1. The molecule has 1 aliphatic heterocycles. The molecule has 0 spiro atoms. The van der Waals surface area contributed by atoms with Crippen LogP contribution in [0.2, 0.25) is 0 Å². The Kier molecular flexibility index (Phi) is 4.57. The fourth-order valence-corrected chi connectivity index (χ4v) is 2.67. The molecule has 1 heterocycles. The van der Waals surface area contributed by atoms with Gasteiger partial charge in [-0.1, -0.05) is 12.2 Å². The zero-order chi connectivity index (χ0) is 12.1. The number of carboxylic acid groups (broad SMARTS) is 1. The van der Waals surface area contributed by atoms with Crippen LogP contribution in [0.3, 0.4) is 0 Å². The van der Waals surface area contributed by atoms with Gasteiger partial charge in [-0.2, -0.15) is 0 Å². The zero-order valence-electron chi connectivity index (χ0n) is 10.3. The normalized spacial score (nSPS) is 27.2. The van der Waals surface area contributed by atoms with E-state index in [1.54, 1.807) is 0 Å². The maximum absolute atomic E-state index is 10.5. The summed E-state index contributed by atoms with van der Waals surface area (Å²) in [7, 11) is 0. The standard InChI is InChI=1S/C13H22N2O2/c16-13(17)6-7-14-8-10-15(11-9-14)12-4-2-1-3-5-12/h2,4,12H,1,3,5-11H2,(H,16,17). The molecule has 96 valence electrons. The number of carbonyl (C=O) groups is 1. The summed E-state index contributed by atoms with van der Waals surface area (Å²) in [6.07, 6.45) is 8.73. The molecule has 1 atom stereocenters. The van der Waals surface area contributed by atoms with Gasteiger partial charge >= 0.3 is 5.97 Å². The summed E-state index contributed by atoms with van der Waals surface area (Å²) in [6.45, 7) is 4.88. The molecule has 17 heavy (non-hydrogen) atoms. The average Bonchev–Trinajstić information content (AvgIpc) is 2.38. The molecule has 2 aliphatic rings. The van der Waals surface area contributed by atoms with Crippen molar-refractivity contribution in [1.29, 1.82) is 0 Å². The average molecular weight is 238 g/mol. The Labute approximate surface area is 103 Å². The second-order valence-corrected chi connectivity index (χ2v) is 4.95. The van der Waals surface area contributed by atoms with Gasteiger partial charge in [0, 0.05) is 38.8 Å². The Morgan fingerprint density at radius 3 is 2.65 bits per heavy atom. The molecule has 0 aromatic heterocycles. The molecule has 2 rings (SSSR count). The fraction of sp³-hybridized carbons (Fsp3) is 0.769. The number of carboxylic acids is 1. The molecule has 4 nitrogen and oxygen atoms in total. The van der Waals surface area contributed by atoms with E-state index in [9.17, 15) is 4.79 Å². The monoisotopic (exact) mass is 238 g/mol. The van der Waals surface area contributed by atoms with E-state index in [0.717, 1.165) is 26.2 Å². The van der Waals surface area contributed by atoms with E-state index in [4.69, 9.17) is 5.11 Å². The number of hydrogen-bond donors (Lipinski definition) is 1. The van der Waals surface area contributed by atoms with Gasteiger partial charge < -0.3 is 10.0 Å². The summed E-state index contributed by atoms with van der Waals surface area (Å²) in [5, 5.41) is 8.65. The summed E-state index contributed by atoms with van der Waals surface area (Å²) in [5.41, 5.74) is 0. The van der Waals surface area contributed by atoms with E-state index in [2.05, 4.69) is 22.0 Å². The molecule has 0 bridgehead atoms. The summed E-state index contributed by atoms with van der Waals surface area (Å²) in [4.78, 5) is 15.3. The van der Waals surface area contributed by atoms with Gasteiger partial charge in [-0.05, 0) is 19.3 Å². The van der Waals surface area contributed by atoms with Crippen LogP contribution in [0.25, 0.3) is 0 Å². The largest absolute Gasteiger partial charge is 0.481 e. The Hall–Kier alpha value is -0.870. The molecule has 1 saturated heterocycles. The smallest absolute Gasteiger partial charge is 0.304 e. The third-order valence-corrected chi connectivity index (χ3v) is 3.75. The van der Waals surface area contributed by atoms with Gasteiger partial charge in [-0.3, -0.25) is 9.69 Å². The Balaban J connectivity index is 1.72. The lowest BCUT2D eigenvalue weighted by Crippen LogP contribution is -2.50. The second kappa shape index (κ2) is 6.17. The molecule has 0 saturated carbocycles. The van der Waals surface area contributed by atoms with Crippen molar-refractivity contribution in [3.63, 3.8) is 0 Å². The highest BCUT2D eigenvalue weighted by atomic mass is 16.4. The van der Waals surface area contributed by atoms with E-state index in [0.29, 0.717) is 12.6 Å². The maximum Gasteiger partial charge on any atom is 0.304 e. The summed E-state index contributed by atoms with van der Waals surface area (Å²) in [6, 6.07) is 0.630. The van der Waals surface area contributed by atoms with E-state index in [-0.39, 0.29) is 6.42 Å². The van der Waals surface area contributed by atoms with Crippen molar-refractivity contribution in [3.8, 4) is 0 Å². The third kappa shape index (κ3) is 3.82. The summed E-state index contributed by atoms with van der Waals surface area (Å²) < 4.78 is 0. The number of rotatable bonds is 4. The van der Waals surface area contributed by atoms with Gasteiger partial charge in [-0.25, -0.2) is 0 Å². The van der Waals surface area contributed by atoms with Crippen LogP contribution in [0, 0.1) is 0 Å². The number of aliphatic carboxylic acids is 1. The number of nitrogens with zero attached hydrogens (tertiary/aromatic N) is 2. The van der Waals surface area contributed by atoms with Crippen LogP contribution in [-0.2, 0) is 4.79 Å². The number of allylic oxidation sites excluding steroid dienone is 1. The van der Waals surface area contributed by atoms with Crippen LogP contribution in [0.1, 0.15) is 25.7 Å². The van der Waals surface area contributed by atoms with Crippen LogP contribution < -0.4 is 0 Å². The molecule has 1 N–H and O–H groups in total. The van der Waals surface area contributed by atoms with Crippen molar-refractivity contribution >= 4 is 5.97 Å². The van der Waals surface area contributed by atoms with Crippen molar-refractivity contribution in [1.82, 2.24) is 9.80 Å². The van der Waals surface area contributed by atoms with Crippen molar-refractivity contribution in [2.45, 2.75) is 31.7 Å². The minimum Gasteiger partial charge on any atom is -0.481 e. The Bertz CT molecular complexity index is 283. The predicted octanol–water partition coefficient (Wildman–Crippen LogP) is 1.19. The molecular weight excluding hydrogens is 216 g/mol. The molecule has 0 aromatic rings. The first-order valence-electron chi connectivity index (χ1n) is 6.60. The van der Waals surface area contributed by atoms with Crippen molar-refractivity contribution in [2.75, 3.05) is 32.7 Å². The van der Waals surface area contributed by atoms with Crippen LogP contribution in [0.5, 0.6) is 0 Å². The van der Waals surface area contributed by atoms with Crippen molar-refractivity contribution in [3.05, 3.63) is 12.2 Å². The lowest BCUT2D eigenvalue weighted by molar-refractivity contribution is -0.137. The molecule has 1 unspecified atom stereocenters. The summed E-state index contributed by atoms with van der Waals surface area (Å²) >= 11 is 0. The van der Waals surface area contributed by atoms with Crippen molar-refractivity contribution in [2.24, 2.45) is 0 Å². The van der Waals surface area contributed by atoms with E-state index in [1.165, 1.54) is 19.3 Å². The van der Waals surface area contributed by atoms with Crippen LogP contribution in [0.15, 0.2) is 12.2 Å². The first kappa shape index (κ1) is 12.6. The zero-order valence-corrected chi connectivity index (χ0v) is 10.3. The van der Waals surface area contributed by atoms with E-state index >= 15 is 0 Å². The Morgan fingerprint density at radius 2 is 2.06 bits per heavy atom. The minimum absolute atomic E-state index is 0.267. The highest BCUT2D eigenvalue weighted by molar-refractivity contribution is 5.66. The minimum atomic E-state index is -0.692. The number of hydrogen-bond acceptors (Lipinski definition) is 3. The lowest BCUT2D eigenvalue weighted by atomic mass is 10.0. The lowest BCUT2D eigenvalue weighted by Gasteiger charge is -2.39. The fourth-order valence-electron chi connectivity index (χ4n) is 2.67. The van der Waals surface area contributed by atoms with Gasteiger partial charge in [-0.15, -0.1) is 0 Å². The quantitative estimate of drug-likeness (QED) is 0.747. The highest BCUT2D eigenvalue weighted by Gasteiger charge is 2.22. The van der Waals surface area contributed by atoms with Gasteiger partial charge in [0.2, 0.25) is 0 Å². The molecule has 0 amide bonds. The Morgan fingerprint density at radius 1 is 1.29 bits per heavy atom. The summed E-state index contributed by atoms with van der Waals surface area (Å²) in [5.74, 6) is -0.692. The molecule has 4 heteroatoms. The SMILES string of the molecule is O=C(O)CCN1CCN(C2C=CCCC2)CC1. The molecule has 0 radical (unpaired) electrons. The highest BCUT2D eigenvalue weighted by Crippen LogP contribution is 2.18. The predicted molar refractivity (Wildman–Crippen MR) is 67.0 cm³/mol. The van der Waals surface area contributed by atoms with Crippen LogP contribution in [-0.4, -0.2) is 59.6 Å². The first-order valence-corrected chi connectivity index (χ1v) is 6.60. The van der Waals surface area contributed by atoms with Crippen LogP contribution in [0.4, 0.5) is 0 Å². The van der Waals surface area contributed by atoms with Crippen molar-refractivity contribution < 1.29 is 9.90 Å². The van der Waals surface area contributed by atoms with Gasteiger partial charge in [0.25, 0.3) is 0 Å². The van der Waals surface area contributed by atoms with Gasteiger partial charge in [0.15, 0.2) is 0 Å². The molecule has 1 aliphatic carbocycles. The van der Waals surface area contributed by atoms with E-state index < -0.39 is 5.97 Å². The maximum atomic E-state index is 10.5. The van der Waals surface area contributed by atoms with Gasteiger partial charge in [0.05, 0.1) is 6.42 Å². The molecule has 0 aromatic carbocycles.